The van der Waals surface area contributed by atoms with Crippen LogP contribution < -0.4 is 20.2 Å². The maximum absolute atomic E-state index is 13.3. The van der Waals surface area contributed by atoms with Crippen molar-refractivity contribution in [3.63, 3.8) is 0 Å². The molecule has 0 bridgehead atoms. The molecule has 1 N–H and O–H groups in total. The Morgan fingerprint density at radius 1 is 1.15 bits per heavy atom. The first-order valence-electron chi connectivity index (χ1n) is 8.84. The third kappa shape index (κ3) is 3.03. The molecule has 1 aromatic heterocycles. The molecule has 0 fully saturated rings. The van der Waals surface area contributed by atoms with E-state index in [2.05, 4.69) is 5.32 Å². The Bertz CT molecular complexity index is 1100. The topological polar surface area (TPSA) is 77.8 Å². The molecule has 0 saturated heterocycles. The molecule has 0 atom stereocenters. The first kappa shape index (κ1) is 17.1. The fraction of sp³-hybridized carbons (Fsp3) is 0.238. The van der Waals surface area contributed by atoms with Gasteiger partial charge in [-0.1, -0.05) is 25.1 Å². The predicted molar refractivity (Wildman–Crippen MR) is 102 cm³/mol. The summed E-state index contributed by atoms with van der Waals surface area (Å²) in [5, 5.41) is 3.23. The number of para-hydroxylation sites is 1. The van der Waals surface area contributed by atoms with Gasteiger partial charge in [0.15, 0.2) is 11.5 Å². The van der Waals surface area contributed by atoms with Crippen LogP contribution in [0.1, 0.15) is 25.3 Å². The number of hydrogen-bond donors (Lipinski definition) is 1. The van der Waals surface area contributed by atoms with Crippen LogP contribution in [0.5, 0.6) is 11.5 Å². The number of rotatable bonds is 4. The quantitative estimate of drug-likeness (QED) is 0.748. The van der Waals surface area contributed by atoms with Crippen molar-refractivity contribution in [1.29, 1.82) is 0 Å². The van der Waals surface area contributed by atoms with Crippen LogP contribution in [0, 0.1) is 6.92 Å². The van der Waals surface area contributed by atoms with Crippen LogP contribution in [0.2, 0.25) is 0 Å². The number of nitrogens with one attached hydrogen (secondary N) is 1. The summed E-state index contributed by atoms with van der Waals surface area (Å²) in [6, 6.07) is 10.6. The second-order valence-electron chi connectivity index (χ2n) is 6.45. The zero-order valence-corrected chi connectivity index (χ0v) is 15.1. The van der Waals surface area contributed by atoms with Gasteiger partial charge in [0, 0.05) is 6.42 Å². The molecule has 0 unspecified atom stereocenters. The van der Waals surface area contributed by atoms with E-state index >= 15 is 0 Å². The van der Waals surface area contributed by atoms with Crippen molar-refractivity contribution in [2.75, 3.05) is 12.1 Å². The van der Waals surface area contributed by atoms with E-state index in [1.54, 1.807) is 24.3 Å². The molecule has 138 valence electrons. The Labute approximate surface area is 155 Å². The van der Waals surface area contributed by atoms with Gasteiger partial charge in [0.1, 0.15) is 5.58 Å². The van der Waals surface area contributed by atoms with Crippen molar-refractivity contribution in [3.8, 4) is 22.6 Å². The van der Waals surface area contributed by atoms with Crippen LogP contribution in [0.15, 0.2) is 45.6 Å². The molecule has 4 rings (SSSR count). The van der Waals surface area contributed by atoms with Crippen LogP contribution in [-0.4, -0.2) is 12.7 Å². The summed E-state index contributed by atoms with van der Waals surface area (Å²) in [6.45, 7) is 3.92. The van der Waals surface area contributed by atoms with E-state index in [1.165, 1.54) is 0 Å². The largest absolute Gasteiger partial charge is 0.454 e. The smallest absolute Gasteiger partial charge is 0.231 e. The maximum atomic E-state index is 13.3. The van der Waals surface area contributed by atoms with Gasteiger partial charge in [-0.25, -0.2) is 0 Å². The van der Waals surface area contributed by atoms with Crippen molar-refractivity contribution in [2.24, 2.45) is 0 Å². The van der Waals surface area contributed by atoms with E-state index in [0.29, 0.717) is 46.4 Å². The molecule has 6 nitrogen and oxygen atoms in total. The minimum absolute atomic E-state index is 0.143. The number of amides is 1. The van der Waals surface area contributed by atoms with Gasteiger partial charge in [-0.2, -0.15) is 0 Å². The summed E-state index contributed by atoms with van der Waals surface area (Å²) in [4.78, 5) is 25.5. The highest BCUT2D eigenvalue weighted by molar-refractivity contribution is 5.96. The summed E-state index contributed by atoms with van der Waals surface area (Å²) in [6.07, 6.45) is 1.04. The average Bonchev–Trinajstić information content (AvgIpc) is 3.11. The summed E-state index contributed by atoms with van der Waals surface area (Å²) in [5.74, 6) is 1.13. The lowest BCUT2D eigenvalue weighted by molar-refractivity contribution is -0.116. The molecule has 27 heavy (non-hydrogen) atoms. The van der Waals surface area contributed by atoms with Gasteiger partial charge in [-0.15, -0.1) is 0 Å². The lowest BCUT2D eigenvalue weighted by Crippen LogP contribution is -2.16. The van der Waals surface area contributed by atoms with Gasteiger partial charge in [-0.05, 0) is 42.7 Å². The third-order valence-corrected chi connectivity index (χ3v) is 4.51. The van der Waals surface area contributed by atoms with Gasteiger partial charge in [0.25, 0.3) is 0 Å². The van der Waals surface area contributed by atoms with Crippen LogP contribution in [-0.2, 0) is 4.79 Å². The number of aryl methyl sites for hydroxylation is 1. The number of carbonyl (C=O) groups excluding carboxylic acids is 1. The molecule has 0 saturated carbocycles. The van der Waals surface area contributed by atoms with Crippen molar-refractivity contribution in [3.05, 3.63) is 52.2 Å². The van der Waals surface area contributed by atoms with Crippen LogP contribution in [0.3, 0.4) is 0 Å². The third-order valence-electron chi connectivity index (χ3n) is 4.51. The highest BCUT2D eigenvalue weighted by atomic mass is 16.7. The molecule has 2 aromatic carbocycles. The Hall–Kier alpha value is -3.28. The predicted octanol–water partition coefficient (Wildman–Crippen LogP) is 4.24. The summed E-state index contributed by atoms with van der Waals surface area (Å²) < 4.78 is 16.8. The lowest BCUT2D eigenvalue weighted by atomic mass is 10.0. The van der Waals surface area contributed by atoms with Crippen molar-refractivity contribution in [1.82, 2.24) is 0 Å². The molecular weight excluding hydrogens is 346 g/mol. The summed E-state index contributed by atoms with van der Waals surface area (Å²) in [7, 11) is 0. The van der Waals surface area contributed by atoms with E-state index < -0.39 is 0 Å². The first-order chi connectivity index (χ1) is 13.1. The van der Waals surface area contributed by atoms with Crippen molar-refractivity contribution >= 4 is 22.8 Å². The average molecular weight is 365 g/mol. The molecule has 2 heterocycles. The van der Waals surface area contributed by atoms with E-state index in [9.17, 15) is 9.59 Å². The number of ether oxygens (including phenoxy) is 2. The number of hydrogen-bond acceptors (Lipinski definition) is 5. The Kier molecular flexibility index (Phi) is 4.32. The normalized spacial score (nSPS) is 12.4. The standard InChI is InChI=1S/C21H19NO5/c1-3-5-17(23)22-21-18(13-8-9-15-16(10-13)26-11-25-15)19(24)14-7-4-6-12(2)20(14)27-21/h4,6-10H,3,5,11H2,1-2H3,(H,22,23). The molecule has 1 aliphatic rings. The number of benzene rings is 2. The fourth-order valence-electron chi connectivity index (χ4n) is 3.18. The zero-order chi connectivity index (χ0) is 19.0. The monoisotopic (exact) mass is 365 g/mol. The number of carbonyl (C=O) groups is 1. The van der Waals surface area contributed by atoms with E-state index in [4.69, 9.17) is 13.9 Å². The highest BCUT2D eigenvalue weighted by Gasteiger charge is 2.21. The lowest BCUT2D eigenvalue weighted by Gasteiger charge is -2.12. The molecule has 0 aliphatic carbocycles. The summed E-state index contributed by atoms with van der Waals surface area (Å²) >= 11 is 0. The summed E-state index contributed by atoms with van der Waals surface area (Å²) in [5.41, 5.74) is 2.00. The van der Waals surface area contributed by atoms with Crippen LogP contribution >= 0.6 is 0 Å². The SMILES string of the molecule is CCCC(=O)Nc1oc2c(C)cccc2c(=O)c1-c1ccc2c(c1)OCO2. The fourth-order valence-corrected chi connectivity index (χ4v) is 3.18. The second-order valence-corrected chi connectivity index (χ2v) is 6.45. The number of anilines is 1. The molecule has 0 spiro atoms. The molecular formula is C21H19NO5. The molecule has 6 heteroatoms. The van der Waals surface area contributed by atoms with Gasteiger partial charge in [0.05, 0.1) is 10.9 Å². The maximum Gasteiger partial charge on any atom is 0.231 e. The second kappa shape index (κ2) is 6.79. The van der Waals surface area contributed by atoms with Crippen molar-refractivity contribution < 1.29 is 18.7 Å². The van der Waals surface area contributed by atoms with Crippen LogP contribution in [0.4, 0.5) is 5.88 Å². The van der Waals surface area contributed by atoms with Gasteiger partial charge >= 0.3 is 0 Å². The molecule has 3 aromatic rings. The molecule has 1 aliphatic heterocycles. The molecule has 1 amide bonds. The van der Waals surface area contributed by atoms with E-state index in [1.807, 2.05) is 26.0 Å². The Morgan fingerprint density at radius 2 is 1.96 bits per heavy atom. The minimum atomic E-state index is -0.203. The van der Waals surface area contributed by atoms with E-state index in [-0.39, 0.29) is 24.0 Å². The Balaban J connectivity index is 1.95. The van der Waals surface area contributed by atoms with Gasteiger partial charge < -0.3 is 13.9 Å². The number of fused-ring (bicyclic) bond motifs is 2. The first-order valence-corrected chi connectivity index (χ1v) is 8.84. The van der Waals surface area contributed by atoms with Gasteiger partial charge in [-0.3, -0.25) is 14.9 Å². The molecule has 0 radical (unpaired) electrons. The van der Waals surface area contributed by atoms with Gasteiger partial charge in [0.2, 0.25) is 24.0 Å². The minimum Gasteiger partial charge on any atom is -0.454 e. The Morgan fingerprint density at radius 3 is 2.78 bits per heavy atom. The highest BCUT2D eigenvalue weighted by Crippen LogP contribution is 2.38. The van der Waals surface area contributed by atoms with E-state index in [0.717, 1.165) is 5.56 Å². The van der Waals surface area contributed by atoms with Crippen LogP contribution in [0.25, 0.3) is 22.1 Å². The zero-order valence-electron chi connectivity index (χ0n) is 15.1. The van der Waals surface area contributed by atoms with Crippen molar-refractivity contribution in [2.45, 2.75) is 26.7 Å².